The molecule has 0 amide bonds. The van der Waals surface area contributed by atoms with Gasteiger partial charge in [0.2, 0.25) is 0 Å². The molecule has 4 aromatic rings. The normalized spacial score (nSPS) is 11.0. The van der Waals surface area contributed by atoms with Crippen LogP contribution >= 0.6 is 11.8 Å². The van der Waals surface area contributed by atoms with Crippen LogP contribution in [0.5, 0.6) is 0 Å². The smallest absolute Gasteiger partial charge is 0.191 e. The van der Waals surface area contributed by atoms with E-state index >= 15 is 0 Å². The number of nitrogens with zero attached hydrogens (tertiary/aromatic N) is 5. The van der Waals surface area contributed by atoms with Gasteiger partial charge in [-0.2, -0.15) is 5.10 Å². The Kier molecular flexibility index (Phi) is 4.84. The predicted molar refractivity (Wildman–Crippen MR) is 104 cm³/mol. The molecule has 4 rings (SSSR count). The third-order valence-corrected chi connectivity index (χ3v) is 5.18. The average Bonchev–Trinajstić information content (AvgIpc) is 3.37. The quantitative estimate of drug-likeness (QED) is 0.476. The largest absolute Gasteiger partial charge is 0.302 e. The minimum atomic E-state index is 0.845. The minimum absolute atomic E-state index is 0.845. The maximum Gasteiger partial charge on any atom is 0.191 e. The molecule has 0 fully saturated rings. The van der Waals surface area contributed by atoms with Crippen molar-refractivity contribution in [3.63, 3.8) is 0 Å². The van der Waals surface area contributed by atoms with E-state index in [1.807, 2.05) is 35.1 Å². The molecule has 0 saturated carbocycles. The topological polar surface area (TPSA) is 48.5 Å². The average molecular weight is 361 g/mol. The standard InChI is InChI=1S/C20H19N5S/c1-2-24-19(17-7-4-3-5-8-17)22-23-20(24)26-15-16-9-11-18(12-10-16)25-14-6-13-21-25/h3-14H,2,15H2,1H3. The number of aromatic nitrogens is 5. The number of thioether (sulfide) groups is 1. The lowest BCUT2D eigenvalue weighted by Gasteiger charge is -2.08. The van der Waals surface area contributed by atoms with Gasteiger partial charge in [0.15, 0.2) is 11.0 Å². The van der Waals surface area contributed by atoms with Gasteiger partial charge in [0.25, 0.3) is 0 Å². The lowest BCUT2D eigenvalue weighted by atomic mass is 10.2. The van der Waals surface area contributed by atoms with E-state index in [1.165, 1.54) is 5.56 Å². The van der Waals surface area contributed by atoms with Crippen molar-refractivity contribution in [2.75, 3.05) is 0 Å². The maximum atomic E-state index is 4.40. The molecule has 26 heavy (non-hydrogen) atoms. The number of hydrogen-bond acceptors (Lipinski definition) is 4. The summed E-state index contributed by atoms with van der Waals surface area (Å²) in [4.78, 5) is 0. The fraction of sp³-hybridized carbons (Fsp3) is 0.150. The molecule has 2 aromatic heterocycles. The van der Waals surface area contributed by atoms with Gasteiger partial charge in [0.05, 0.1) is 5.69 Å². The molecule has 0 atom stereocenters. The van der Waals surface area contributed by atoms with Crippen LogP contribution in [0.3, 0.4) is 0 Å². The van der Waals surface area contributed by atoms with Gasteiger partial charge in [-0.25, -0.2) is 4.68 Å². The molecule has 0 radical (unpaired) electrons. The lowest BCUT2D eigenvalue weighted by molar-refractivity contribution is 0.687. The highest BCUT2D eigenvalue weighted by Gasteiger charge is 2.12. The summed E-state index contributed by atoms with van der Waals surface area (Å²) in [5.74, 6) is 1.77. The van der Waals surface area contributed by atoms with Crippen molar-refractivity contribution in [1.82, 2.24) is 24.5 Å². The third-order valence-electron chi connectivity index (χ3n) is 4.14. The van der Waals surface area contributed by atoms with E-state index < -0.39 is 0 Å². The molecule has 130 valence electrons. The van der Waals surface area contributed by atoms with Crippen LogP contribution in [0.2, 0.25) is 0 Å². The van der Waals surface area contributed by atoms with Crippen molar-refractivity contribution in [2.45, 2.75) is 24.4 Å². The minimum Gasteiger partial charge on any atom is -0.302 e. The molecule has 0 unspecified atom stereocenters. The first-order valence-corrected chi connectivity index (χ1v) is 9.54. The molecule has 5 nitrogen and oxygen atoms in total. The maximum absolute atomic E-state index is 4.40. The van der Waals surface area contributed by atoms with E-state index in [9.17, 15) is 0 Å². The molecule has 0 aliphatic carbocycles. The predicted octanol–water partition coefficient (Wildman–Crippen LogP) is 4.44. The van der Waals surface area contributed by atoms with Gasteiger partial charge in [-0.05, 0) is 30.7 Å². The fourth-order valence-electron chi connectivity index (χ4n) is 2.80. The first kappa shape index (κ1) is 16.6. The summed E-state index contributed by atoms with van der Waals surface area (Å²) >= 11 is 1.71. The summed E-state index contributed by atoms with van der Waals surface area (Å²) in [6, 6.07) is 20.6. The second-order valence-electron chi connectivity index (χ2n) is 5.82. The van der Waals surface area contributed by atoms with E-state index in [0.717, 1.165) is 34.5 Å². The van der Waals surface area contributed by atoms with Gasteiger partial charge in [-0.1, -0.05) is 54.2 Å². The first-order valence-electron chi connectivity index (χ1n) is 8.55. The van der Waals surface area contributed by atoms with E-state index in [4.69, 9.17) is 0 Å². The Morgan fingerprint density at radius 3 is 2.42 bits per heavy atom. The van der Waals surface area contributed by atoms with Crippen LogP contribution in [0.25, 0.3) is 17.1 Å². The molecule has 6 heteroatoms. The van der Waals surface area contributed by atoms with Crippen LogP contribution < -0.4 is 0 Å². The van der Waals surface area contributed by atoms with Gasteiger partial charge in [-0.15, -0.1) is 10.2 Å². The molecule has 2 aromatic carbocycles. The highest BCUT2D eigenvalue weighted by atomic mass is 32.2. The second-order valence-corrected chi connectivity index (χ2v) is 6.76. The van der Waals surface area contributed by atoms with Gasteiger partial charge in [0, 0.05) is 30.3 Å². The molecule has 0 N–H and O–H groups in total. The fourth-order valence-corrected chi connectivity index (χ4v) is 3.75. The third kappa shape index (κ3) is 3.41. The van der Waals surface area contributed by atoms with Crippen molar-refractivity contribution in [3.8, 4) is 17.1 Å². The van der Waals surface area contributed by atoms with E-state index in [0.29, 0.717) is 0 Å². The van der Waals surface area contributed by atoms with Crippen LogP contribution in [0.4, 0.5) is 0 Å². The Hall–Kier alpha value is -2.86. The Labute approximate surface area is 156 Å². The molecule has 0 spiro atoms. The van der Waals surface area contributed by atoms with Crippen molar-refractivity contribution in [3.05, 3.63) is 78.6 Å². The highest BCUT2D eigenvalue weighted by molar-refractivity contribution is 7.98. The summed E-state index contributed by atoms with van der Waals surface area (Å²) in [5, 5.41) is 14.0. The molecule has 0 bridgehead atoms. The zero-order valence-corrected chi connectivity index (χ0v) is 15.3. The SMILES string of the molecule is CCn1c(SCc2ccc(-n3cccn3)cc2)nnc1-c1ccccc1. The van der Waals surface area contributed by atoms with Gasteiger partial charge in [0.1, 0.15) is 0 Å². The Bertz CT molecular complexity index is 959. The van der Waals surface area contributed by atoms with E-state index in [-0.39, 0.29) is 0 Å². The molecular weight excluding hydrogens is 342 g/mol. The molecule has 2 heterocycles. The number of rotatable bonds is 6. The van der Waals surface area contributed by atoms with Crippen LogP contribution in [0, 0.1) is 0 Å². The summed E-state index contributed by atoms with van der Waals surface area (Å²) in [5.41, 5.74) is 3.40. The van der Waals surface area contributed by atoms with Crippen molar-refractivity contribution >= 4 is 11.8 Å². The van der Waals surface area contributed by atoms with Gasteiger partial charge in [-0.3, -0.25) is 0 Å². The first-order chi connectivity index (χ1) is 12.8. The Balaban J connectivity index is 1.49. The number of benzene rings is 2. The molecule has 0 saturated heterocycles. The van der Waals surface area contributed by atoms with E-state index in [1.54, 1.807) is 18.0 Å². The summed E-state index contributed by atoms with van der Waals surface area (Å²) in [6.07, 6.45) is 3.73. The van der Waals surface area contributed by atoms with Crippen LogP contribution in [-0.4, -0.2) is 24.5 Å². The second kappa shape index (κ2) is 7.58. The van der Waals surface area contributed by atoms with Gasteiger partial charge < -0.3 is 4.57 Å². The van der Waals surface area contributed by atoms with Crippen molar-refractivity contribution < 1.29 is 0 Å². The Morgan fingerprint density at radius 1 is 0.923 bits per heavy atom. The van der Waals surface area contributed by atoms with Gasteiger partial charge >= 0.3 is 0 Å². The lowest BCUT2D eigenvalue weighted by Crippen LogP contribution is -2.00. The molecule has 0 aliphatic heterocycles. The Morgan fingerprint density at radius 2 is 1.73 bits per heavy atom. The number of hydrogen-bond donors (Lipinski definition) is 0. The van der Waals surface area contributed by atoms with Crippen molar-refractivity contribution in [1.29, 1.82) is 0 Å². The zero-order chi connectivity index (χ0) is 17.8. The summed E-state index contributed by atoms with van der Waals surface area (Å²) in [6.45, 7) is 2.97. The van der Waals surface area contributed by atoms with Crippen LogP contribution in [0.15, 0.2) is 78.2 Å². The van der Waals surface area contributed by atoms with Crippen LogP contribution in [-0.2, 0) is 12.3 Å². The zero-order valence-electron chi connectivity index (χ0n) is 14.5. The molecule has 0 aliphatic rings. The molecular formula is C20H19N5S. The highest BCUT2D eigenvalue weighted by Crippen LogP contribution is 2.26. The monoisotopic (exact) mass is 361 g/mol. The van der Waals surface area contributed by atoms with E-state index in [2.05, 4.69) is 63.2 Å². The van der Waals surface area contributed by atoms with Crippen molar-refractivity contribution in [2.24, 2.45) is 0 Å². The summed E-state index contributed by atoms with van der Waals surface area (Å²) < 4.78 is 4.02. The van der Waals surface area contributed by atoms with Crippen LogP contribution in [0.1, 0.15) is 12.5 Å². The summed E-state index contributed by atoms with van der Waals surface area (Å²) in [7, 11) is 0.